The Kier molecular flexibility index (Phi) is 13.7. The average molecular weight is 485 g/mol. The molecule has 4 N–H and O–H groups in total. The molecule has 1 aliphatic heterocycles. The summed E-state index contributed by atoms with van der Waals surface area (Å²) in [5.74, 6) is -0.844. The summed E-state index contributed by atoms with van der Waals surface area (Å²) in [6, 6.07) is -2.31. The second kappa shape index (κ2) is 15.3. The summed E-state index contributed by atoms with van der Waals surface area (Å²) in [7, 11) is 0. The number of carbonyl (C=O) groups excluding carboxylic acids is 3. The van der Waals surface area contributed by atoms with Gasteiger partial charge in [0.2, 0.25) is 17.7 Å². The Bertz CT molecular complexity index is 637. The van der Waals surface area contributed by atoms with E-state index in [-0.39, 0.29) is 35.6 Å². The van der Waals surface area contributed by atoms with Gasteiger partial charge in [-0.15, -0.1) is 0 Å². The molecule has 0 aromatic rings. The van der Waals surface area contributed by atoms with Crippen LogP contribution >= 0.6 is 0 Å². The highest BCUT2D eigenvalue weighted by Crippen LogP contribution is 2.22. The molecule has 0 aromatic carbocycles. The van der Waals surface area contributed by atoms with Crippen LogP contribution in [0.2, 0.25) is 0 Å². The zero-order chi connectivity index (χ0) is 25.8. The average Bonchev–Trinajstić information content (AvgIpc) is 3.28. The highest BCUT2D eigenvalue weighted by Gasteiger charge is 2.40. The number of nitrogens with one attached hydrogen (secondary N) is 2. The quantitative estimate of drug-likeness (QED) is 0.306. The fourth-order valence-electron chi connectivity index (χ4n) is 4.20. The molecule has 0 saturated carbocycles. The first-order chi connectivity index (χ1) is 16.1. The topological polar surface area (TPSA) is 123 Å². The molecule has 9 nitrogen and oxygen atoms in total. The van der Waals surface area contributed by atoms with E-state index in [1.165, 1.54) is 0 Å². The molecule has 9 heteroatoms. The van der Waals surface area contributed by atoms with Gasteiger partial charge in [0.25, 0.3) is 0 Å². The number of carbonyl (C=O) groups is 3. The summed E-state index contributed by atoms with van der Waals surface area (Å²) in [6.45, 7) is 15.0. The van der Waals surface area contributed by atoms with E-state index >= 15 is 0 Å². The Balaban J connectivity index is 2.95. The minimum atomic E-state index is -0.728. The number of nitrogens with two attached hydrogens (primary N) is 1. The smallest absolute Gasteiger partial charge is 0.246 e. The standard InChI is InChI=1S/C25H48N4O5/c1-8-11-13-18(26)22(30)27-20(16(4)5)24(32)29-15-12-14-19(29)23(31)28-21(17(6)7)25(33-9-2)34-10-3/h16-21,25H,8-15,26H2,1-7H3,(H,27,30)(H,28,31)/t18-,19-,20-,21-/m0/s1. The molecule has 0 aliphatic carbocycles. The maximum atomic E-state index is 13.5. The van der Waals surface area contributed by atoms with Crippen molar-refractivity contribution in [1.82, 2.24) is 15.5 Å². The van der Waals surface area contributed by atoms with Crippen LogP contribution in [0, 0.1) is 11.8 Å². The molecule has 0 bridgehead atoms. The molecule has 1 aliphatic rings. The maximum Gasteiger partial charge on any atom is 0.246 e. The van der Waals surface area contributed by atoms with E-state index in [1.54, 1.807) is 4.90 Å². The van der Waals surface area contributed by atoms with Crippen LogP contribution in [0.3, 0.4) is 0 Å². The number of amides is 3. The van der Waals surface area contributed by atoms with Crippen molar-refractivity contribution in [3.05, 3.63) is 0 Å². The lowest BCUT2D eigenvalue weighted by Crippen LogP contribution is -2.59. The van der Waals surface area contributed by atoms with E-state index in [1.807, 2.05) is 48.5 Å². The SMILES string of the molecule is CCCC[C@H](N)C(=O)N[C@H](C(=O)N1CCC[C@H]1C(=O)N[C@@H](C(C)C)C(OCC)OCC)C(C)C. The zero-order valence-corrected chi connectivity index (χ0v) is 22.3. The fraction of sp³-hybridized carbons (Fsp3) is 0.880. The molecule has 198 valence electrons. The number of likely N-dealkylation sites (tertiary alicyclic amines) is 1. The van der Waals surface area contributed by atoms with Gasteiger partial charge in [-0.25, -0.2) is 0 Å². The van der Waals surface area contributed by atoms with E-state index < -0.39 is 24.4 Å². The van der Waals surface area contributed by atoms with E-state index in [0.717, 1.165) is 19.3 Å². The van der Waals surface area contributed by atoms with Crippen molar-refractivity contribution in [2.24, 2.45) is 17.6 Å². The molecule has 0 radical (unpaired) electrons. The predicted molar refractivity (Wildman–Crippen MR) is 133 cm³/mol. The van der Waals surface area contributed by atoms with Gasteiger partial charge in [-0.3, -0.25) is 14.4 Å². The number of hydrogen-bond donors (Lipinski definition) is 3. The summed E-state index contributed by atoms with van der Waals surface area (Å²) < 4.78 is 11.5. The third-order valence-corrected chi connectivity index (χ3v) is 6.26. The van der Waals surface area contributed by atoms with E-state index in [9.17, 15) is 14.4 Å². The lowest BCUT2D eigenvalue weighted by molar-refractivity contribution is -0.166. The van der Waals surface area contributed by atoms with Gasteiger partial charge in [-0.05, 0) is 44.9 Å². The molecule has 1 saturated heterocycles. The van der Waals surface area contributed by atoms with E-state index in [2.05, 4.69) is 10.6 Å². The van der Waals surface area contributed by atoms with E-state index in [0.29, 0.717) is 32.6 Å². The maximum absolute atomic E-state index is 13.5. The minimum absolute atomic E-state index is 0.0740. The first kappa shape index (κ1) is 30.3. The predicted octanol–water partition coefficient (Wildman–Crippen LogP) is 2.18. The first-order valence-corrected chi connectivity index (χ1v) is 13.0. The van der Waals surface area contributed by atoms with Crippen molar-refractivity contribution in [3.8, 4) is 0 Å². The Morgan fingerprint density at radius 3 is 2.12 bits per heavy atom. The molecule has 1 heterocycles. The van der Waals surface area contributed by atoms with Crippen molar-refractivity contribution < 1.29 is 23.9 Å². The van der Waals surface area contributed by atoms with Crippen molar-refractivity contribution in [1.29, 1.82) is 0 Å². The van der Waals surface area contributed by atoms with Crippen LogP contribution in [0.25, 0.3) is 0 Å². The van der Waals surface area contributed by atoms with Crippen molar-refractivity contribution in [3.63, 3.8) is 0 Å². The lowest BCUT2D eigenvalue weighted by atomic mass is 10.0. The molecular weight excluding hydrogens is 436 g/mol. The van der Waals surface area contributed by atoms with Crippen molar-refractivity contribution >= 4 is 17.7 Å². The Labute approximate surface area is 205 Å². The van der Waals surface area contributed by atoms with Gasteiger partial charge >= 0.3 is 0 Å². The molecule has 0 unspecified atom stereocenters. The van der Waals surface area contributed by atoms with Crippen LogP contribution in [0.1, 0.15) is 80.6 Å². The molecule has 34 heavy (non-hydrogen) atoms. The second-order valence-electron chi connectivity index (χ2n) is 9.73. The van der Waals surface area contributed by atoms with Crippen LogP contribution < -0.4 is 16.4 Å². The number of hydrogen-bond acceptors (Lipinski definition) is 6. The fourth-order valence-corrected chi connectivity index (χ4v) is 4.20. The highest BCUT2D eigenvalue weighted by molar-refractivity contribution is 5.93. The molecule has 3 amide bonds. The third-order valence-electron chi connectivity index (χ3n) is 6.26. The van der Waals surface area contributed by atoms with Gasteiger partial charge in [0, 0.05) is 19.8 Å². The van der Waals surface area contributed by atoms with Crippen LogP contribution in [0.5, 0.6) is 0 Å². The monoisotopic (exact) mass is 484 g/mol. The molecule has 1 fully saturated rings. The number of unbranched alkanes of at least 4 members (excludes halogenated alkanes) is 1. The van der Waals surface area contributed by atoms with Gasteiger partial charge in [0.1, 0.15) is 12.1 Å². The molecule has 4 atom stereocenters. The number of nitrogens with zero attached hydrogens (tertiary/aromatic N) is 1. The van der Waals surface area contributed by atoms with Gasteiger partial charge in [0.15, 0.2) is 6.29 Å². The molecule has 0 aromatic heterocycles. The van der Waals surface area contributed by atoms with Gasteiger partial charge in [-0.2, -0.15) is 0 Å². The molecule has 1 rings (SSSR count). The van der Waals surface area contributed by atoms with Crippen LogP contribution in [-0.2, 0) is 23.9 Å². The zero-order valence-electron chi connectivity index (χ0n) is 22.3. The summed E-state index contributed by atoms with van der Waals surface area (Å²) in [6.07, 6.45) is 3.12. The largest absolute Gasteiger partial charge is 0.351 e. The summed E-state index contributed by atoms with van der Waals surface area (Å²) in [4.78, 5) is 41.0. The van der Waals surface area contributed by atoms with Crippen LogP contribution in [0.4, 0.5) is 0 Å². The summed E-state index contributed by atoms with van der Waals surface area (Å²) in [5.41, 5.74) is 6.02. The summed E-state index contributed by atoms with van der Waals surface area (Å²) >= 11 is 0. The Hall–Kier alpha value is -1.71. The van der Waals surface area contributed by atoms with Gasteiger partial charge in [0.05, 0.1) is 12.1 Å². The normalized spacial score (nSPS) is 18.9. The minimum Gasteiger partial charge on any atom is -0.351 e. The second-order valence-corrected chi connectivity index (χ2v) is 9.73. The van der Waals surface area contributed by atoms with Crippen LogP contribution in [0.15, 0.2) is 0 Å². The van der Waals surface area contributed by atoms with Gasteiger partial charge in [-0.1, -0.05) is 47.5 Å². The van der Waals surface area contributed by atoms with Crippen molar-refractivity contribution in [2.75, 3.05) is 19.8 Å². The Morgan fingerprint density at radius 1 is 1.00 bits per heavy atom. The number of rotatable bonds is 15. The summed E-state index contributed by atoms with van der Waals surface area (Å²) in [5, 5.41) is 5.92. The first-order valence-electron chi connectivity index (χ1n) is 13.0. The highest BCUT2D eigenvalue weighted by atomic mass is 16.7. The van der Waals surface area contributed by atoms with Gasteiger partial charge < -0.3 is 30.7 Å². The van der Waals surface area contributed by atoms with Crippen molar-refractivity contribution in [2.45, 2.75) is 111 Å². The molecule has 0 spiro atoms. The van der Waals surface area contributed by atoms with E-state index in [4.69, 9.17) is 15.2 Å². The third kappa shape index (κ3) is 8.82. The van der Waals surface area contributed by atoms with Crippen LogP contribution in [-0.4, -0.2) is 72.8 Å². The molecular formula is C25H48N4O5. The number of ether oxygens (including phenoxy) is 2. The lowest BCUT2D eigenvalue weighted by Gasteiger charge is -2.34. The Morgan fingerprint density at radius 2 is 1.62 bits per heavy atom.